The molecule has 2 atom stereocenters. The van der Waals surface area contributed by atoms with Crippen molar-refractivity contribution in [2.45, 2.75) is 25.0 Å². The van der Waals surface area contributed by atoms with Crippen molar-refractivity contribution < 1.29 is 14.3 Å². The van der Waals surface area contributed by atoms with E-state index in [1.54, 1.807) is 6.20 Å². The third kappa shape index (κ3) is 2.47. The molecule has 0 aromatic carbocycles. The van der Waals surface area contributed by atoms with Gasteiger partial charge in [0.2, 0.25) is 0 Å². The fourth-order valence-electron chi connectivity index (χ4n) is 2.74. The highest BCUT2D eigenvalue weighted by Gasteiger charge is 2.35. The van der Waals surface area contributed by atoms with Gasteiger partial charge in [-0.05, 0) is 34.8 Å². The zero-order valence-corrected chi connectivity index (χ0v) is 12.2. The number of aromatic nitrogens is 1. The summed E-state index contributed by atoms with van der Waals surface area (Å²) in [5.41, 5.74) is 1.19. The fraction of sp³-hybridized carbons (Fsp3) is 0.538. The first kappa shape index (κ1) is 12.9. The van der Waals surface area contributed by atoms with Crippen molar-refractivity contribution in [3.05, 3.63) is 22.4 Å². The van der Waals surface area contributed by atoms with E-state index in [1.165, 1.54) is 7.11 Å². The smallest absolute Gasteiger partial charge is 0.358 e. The van der Waals surface area contributed by atoms with Crippen LogP contribution in [-0.2, 0) is 9.47 Å². The van der Waals surface area contributed by atoms with Gasteiger partial charge in [0.05, 0.1) is 25.0 Å². The highest BCUT2D eigenvalue weighted by molar-refractivity contribution is 9.10. The van der Waals surface area contributed by atoms with Crippen LogP contribution in [0.1, 0.15) is 23.3 Å². The SMILES string of the molecule is COC(=O)c1ncc(Br)cc1N1CC2CCC(C1)O2. The summed E-state index contributed by atoms with van der Waals surface area (Å²) in [6, 6.07) is 1.92. The maximum atomic E-state index is 11.8. The predicted molar refractivity (Wildman–Crippen MR) is 73.4 cm³/mol. The highest BCUT2D eigenvalue weighted by Crippen LogP contribution is 2.32. The van der Waals surface area contributed by atoms with Crippen molar-refractivity contribution in [2.24, 2.45) is 0 Å². The average molecular weight is 327 g/mol. The van der Waals surface area contributed by atoms with Crippen LogP contribution in [0.5, 0.6) is 0 Å². The summed E-state index contributed by atoms with van der Waals surface area (Å²) in [5.74, 6) is -0.402. The fourth-order valence-corrected chi connectivity index (χ4v) is 3.05. The Balaban J connectivity index is 1.94. The Bertz CT molecular complexity index is 497. The number of morpholine rings is 1. The second-order valence-electron chi connectivity index (χ2n) is 4.88. The molecule has 3 rings (SSSR count). The topological polar surface area (TPSA) is 51.7 Å². The molecule has 2 fully saturated rings. The molecule has 1 aromatic rings. The molecule has 0 N–H and O–H groups in total. The van der Waals surface area contributed by atoms with Crippen molar-refractivity contribution in [3.63, 3.8) is 0 Å². The van der Waals surface area contributed by atoms with Crippen molar-refractivity contribution in [1.29, 1.82) is 0 Å². The number of hydrogen-bond acceptors (Lipinski definition) is 5. The number of pyridine rings is 1. The lowest BCUT2D eigenvalue weighted by atomic mass is 10.2. The standard InChI is InChI=1S/C13H15BrN2O3/c1-18-13(17)12-11(4-8(14)5-15-12)16-6-9-2-3-10(7-16)19-9/h4-5,9-10H,2-3,6-7H2,1H3. The molecule has 2 saturated heterocycles. The number of halogens is 1. The van der Waals surface area contributed by atoms with Gasteiger partial charge in [0.15, 0.2) is 5.69 Å². The third-order valence-electron chi connectivity index (χ3n) is 3.60. The lowest BCUT2D eigenvalue weighted by Crippen LogP contribution is -2.43. The van der Waals surface area contributed by atoms with Gasteiger partial charge in [-0.15, -0.1) is 0 Å². The second-order valence-corrected chi connectivity index (χ2v) is 5.79. The number of esters is 1. The molecule has 0 saturated carbocycles. The summed E-state index contributed by atoms with van der Waals surface area (Å²) in [4.78, 5) is 18.2. The maximum absolute atomic E-state index is 11.8. The van der Waals surface area contributed by atoms with Crippen molar-refractivity contribution in [3.8, 4) is 0 Å². The first-order chi connectivity index (χ1) is 9.17. The Morgan fingerprint density at radius 2 is 2.16 bits per heavy atom. The molecule has 19 heavy (non-hydrogen) atoms. The first-order valence-electron chi connectivity index (χ1n) is 6.31. The molecule has 0 radical (unpaired) electrons. The first-order valence-corrected chi connectivity index (χ1v) is 7.11. The maximum Gasteiger partial charge on any atom is 0.358 e. The van der Waals surface area contributed by atoms with Crippen LogP contribution in [0, 0.1) is 0 Å². The summed E-state index contributed by atoms with van der Waals surface area (Å²) >= 11 is 3.41. The number of nitrogens with zero attached hydrogens (tertiary/aromatic N) is 2. The van der Waals surface area contributed by atoms with E-state index >= 15 is 0 Å². The van der Waals surface area contributed by atoms with Crippen molar-refractivity contribution >= 4 is 27.6 Å². The lowest BCUT2D eigenvalue weighted by molar-refractivity contribution is 0.0302. The van der Waals surface area contributed by atoms with Gasteiger partial charge in [0.1, 0.15) is 0 Å². The molecule has 5 nitrogen and oxygen atoms in total. The van der Waals surface area contributed by atoms with Gasteiger partial charge in [-0.25, -0.2) is 9.78 Å². The molecule has 102 valence electrons. The Labute approximate surface area is 120 Å². The van der Waals surface area contributed by atoms with Crippen molar-refractivity contribution in [1.82, 2.24) is 4.98 Å². The van der Waals surface area contributed by atoms with Crippen LogP contribution < -0.4 is 4.90 Å². The van der Waals surface area contributed by atoms with Crippen LogP contribution in [-0.4, -0.2) is 43.4 Å². The van der Waals surface area contributed by atoms with Gasteiger partial charge < -0.3 is 14.4 Å². The van der Waals surface area contributed by atoms with Gasteiger partial charge in [0, 0.05) is 23.8 Å². The van der Waals surface area contributed by atoms with Gasteiger partial charge in [-0.3, -0.25) is 0 Å². The second kappa shape index (κ2) is 5.09. The molecule has 0 spiro atoms. The summed E-state index contributed by atoms with van der Waals surface area (Å²) < 4.78 is 11.5. The number of fused-ring (bicyclic) bond motifs is 2. The van der Waals surface area contributed by atoms with Crippen LogP contribution in [0.2, 0.25) is 0 Å². The van der Waals surface area contributed by atoms with Crippen LogP contribution in [0.15, 0.2) is 16.7 Å². The number of rotatable bonds is 2. The lowest BCUT2D eigenvalue weighted by Gasteiger charge is -2.34. The van der Waals surface area contributed by atoms with Crippen LogP contribution in [0.25, 0.3) is 0 Å². The largest absolute Gasteiger partial charge is 0.464 e. The van der Waals surface area contributed by atoms with Gasteiger partial charge >= 0.3 is 5.97 Å². The minimum atomic E-state index is -0.402. The molecule has 2 bridgehead atoms. The number of carbonyl (C=O) groups is 1. The molecule has 2 unspecified atom stereocenters. The number of hydrogen-bond donors (Lipinski definition) is 0. The molecule has 3 heterocycles. The molecule has 0 aliphatic carbocycles. The number of carbonyl (C=O) groups excluding carboxylic acids is 1. The molecular weight excluding hydrogens is 312 g/mol. The van der Waals surface area contributed by atoms with E-state index in [1.807, 2.05) is 6.07 Å². The van der Waals surface area contributed by atoms with E-state index in [2.05, 4.69) is 25.8 Å². The average Bonchev–Trinajstić information content (AvgIpc) is 2.76. The zero-order chi connectivity index (χ0) is 13.4. The van der Waals surface area contributed by atoms with Gasteiger partial charge in [0.25, 0.3) is 0 Å². The Hall–Kier alpha value is -1.14. The molecule has 0 amide bonds. The van der Waals surface area contributed by atoms with Gasteiger partial charge in [-0.1, -0.05) is 0 Å². The molecule has 1 aromatic heterocycles. The monoisotopic (exact) mass is 326 g/mol. The summed E-state index contributed by atoms with van der Waals surface area (Å²) in [5, 5.41) is 0. The quantitative estimate of drug-likeness (QED) is 0.778. The Morgan fingerprint density at radius 3 is 2.79 bits per heavy atom. The van der Waals surface area contributed by atoms with E-state index in [4.69, 9.17) is 9.47 Å². The summed E-state index contributed by atoms with van der Waals surface area (Å²) in [6.45, 7) is 1.61. The number of methoxy groups -OCH3 is 1. The van der Waals surface area contributed by atoms with Crippen LogP contribution in [0.4, 0.5) is 5.69 Å². The van der Waals surface area contributed by atoms with Crippen LogP contribution in [0.3, 0.4) is 0 Å². The van der Waals surface area contributed by atoms with E-state index in [9.17, 15) is 4.79 Å². The minimum Gasteiger partial charge on any atom is -0.464 e. The van der Waals surface area contributed by atoms with E-state index in [-0.39, 0.29) is 12.2 Å². The summed E-state index contributed by atoms with van der Waals surface area (Å²) in [6.07, 6.45) is 4.34. The third-order valence-corrected chi connectivity index (χ3v) is 4.03. The number of ether oxygens (including phenoxy) is 2. The number of anilines is 1. The van der Waals surface area contributed by atoms with Crippen LogP contribution >= 0.6 is 15.9 Å². The van der Waals surface area contributed by atoms with E-state index in [0.717, 1.165) is 36.1 Å². The van der Waals surface area contributed by atoms with E-state index < -0.39 is 5.97 Å². The molecule has 6 heteroatoms. The Morgan fingerprint density at radius 1 is 1.47 bits per heavy atom. The normalized spacial score (nSPS) is 25.5. The zero-order valence-electron chi connectivity index (χ0n) is 10.6. The van der Waals surface area contributed by atoms with Crippen molar-refractivity contribution in [2.75, 3.05) is 25.1 Å². The summed E-state index contributed by atoms with van der Waals surface area (Å²) in [7, 11) is 1.37. The van der Waals surface area contributed by atoms with Gasteiger partial charge in [-0.2, -0.15) is 0 Å². The highest BCUT2D eigenvalue weighted by atomic mass is 79.9. The predicted octanol–water partition coefficient (Wildman–Crippen LogP) is 2.00. The molecule has 2 aliphatic heterocycles. The molecular formula is C13H15BrN2O3. The van der Waals surface area contributed by atoms with E-state index in [0.29, 0.717) is 5.69 Å². The molecule has 2 aliphatic rings. The Kier molecular flexibility index (Phi) is 3.45. The minimum absolute atomic E-state index is 0.267.